The molecular formula is C51H59F2N7O13S. The largest absolute Gasteiger partial charge is 0.481 e. The van der Waals surface area contributed by atoms with E-state index in [1.165, 1.54) is 0 Å². The van der Waals surface area contributed by atoms with Crippen molar-refractivity contribution >= 4 is 80.7 Å². The zero-order valence-electron chi connectivity index (χ0n) is 40.3. The number of nitrogens with one attached hydrogen (secondary N) is 6. The predicted octanol–water partition coefficient (Wildman–Crippen LogP) is 4.07. The number of para-hydroxylation sites is 1. The number of hydrogen-bond donors (Lipinski definition) is 9. The van der Waals surface area contributed by atoms with Gasteiger partial charge in [-0.25, -0.2) is 13.8 Å². The molecule has 20 nitrogen and oxygen atoms in total. The fourth-order valence-corrected chi connectivity index (χ4v) is 9.72. The normalized spacial score (nSPS) is 15.1. The second-order valence-electron chi connectivity index (χ2n) is 18.0. The minimum atomic E-state index is -3.05. The van der Waals surface area contributed by atoms with Gasteiger partial charge in [0.1, 0.15) is 36.3 Å². The van der Waals surface area contributed by atoms with Crippen molar-refractivity contribution in [1.29, 1.82) is 0 Å². The molecule has 5 rings (SSSR count). The van der Waals surface area contributed by atoms with Gasteiger partial charge in [0.2, 0.25) is 47.7 Å². The zero-order valence-corrected chi connectivity index (χ0v) is 41.1. The van der Waals surface area contributed by atoms with Crippen molar-refractivity contribution in [3.05, 3.63) is 101 Å². The molecule has 1 fully saturated rings. The predicted molar refractivity (Wildman–Crippen MR) is 264 cm³/mol. The maximum atomic E-state index is 15.0. The first-order chi connectivity index (χ1) is 35.3. The van der Waals surface area contributed by atoms with Crippen molar-refractivity contribution in [2.75, 3.05) is 0 Å². The third-order valence-corrected chi connectivity index (χ3v) is 13.4. The molecule has 3 aromatic carbocycles. The number of nitrogens with zero attached hydrogens (tertiary/aromatic N) is 1. The number of carboxylic acid groups (broad SMARTS) is 3. The Kier molecular flexibility index (Phi) is 21.6. The number of carbonyl (C=O) groups is 10. The van der Waals surface area contributed by atoms with Gasteiger partial charge in [0.15, 0.2) is 5.01 Å². The van der Waals surface area contributed by atoms with Crippen LogP contribution in [0.15, 0.2) is 84.9 Å². The maximum absolute atomic E-state index is 15.0. The summed E-state index contributed by atoms with van der Waals surface area (Å²) in [6.45, 7) is 1.02. The zero-order chi connectivity index (χ0) is 53.9. The summed E-state index contributed by atoms with van der Waals surface area (Å²) in [6.07, 6.45) is -3.88. The lowest BCUT2D eigenvalue weighted by Crippen LogP contribution is -2.61. The molecule has 1 saturated carbocycles. The Morgan fingerprint density at radius 2 is 1.07 bits per heavy atom. The number of thiazole rings is 1. The van der Waals surface area contributed by atoms with Crippen LogP contribution < -0.4 is 31.9 Å². The summed E-state index contributed by atoms with van der Waals surface area (Å²) >= 11 is 0.953. The summed E-state index contributed by atoms with van der Waals surface area (Å²) in [7, 11) is 0. The number of fused-ring (bicyclic) bond motifs is 1. The fraction of sp³-hybridized carbons (Fsp3) is 0.431. The highest BCUT2D eigenvalue weighted by atomic mass is 32.1. The number of amides is 6. The van der Waals surface area contributed by atoms with Gasteiger partial charge in [-0.15, -0.1) is 11.3 Å². The number of alkyl halides is 2. The van der Waals surface area contributed by atoms with E-state index in [0.29, 0.717) is 34.2 Å². The molecule has 23 heteroatoms. The van der Waals surface area contributed by atoms with Crippen LogP contribution in [0.25, 0.3) is 10.2 Å². The second-order valence-corrected chi connectivity index (χ2v) is 19.0. The van der Waals surface area contributed by atoms with Crippen molar-refractivity contribution < 1.29 is 72.0 Å². The molecule has 1 heterocycles. The van der Waals surface area contributed by atoms with Crippen LogP contribution in [-0.2, 0) is 43.2 Å². The van der Waals surface area contributed by atoms with E-state index in [0.717, 1.165) is 37.5 Å². The molecule has 1 aliphatic carbocycles. The summed E-state index contributed by atoms with van der Waals surface area (Å²) in [6, 6.07) is 12.9. The van der Waals surface area contributed by atoms with Gasteiger partial charge >= 0.3 is 17.9 Å². The van der Waals surface area contributed by atoms with E-state index in [2.05, 4.69) is 36.9 Å². The quantitative estimate of drug-likeness (QED) is 0.0363. The maximum Gasteiger partial charge on any atom is 0.305 e. The molecular weight excluding hydrogens is 989 g/mol. The van der Waals surface area contributed by atoms with E-state index >= 15 is 4.79 Å². The number of carbonyl (C=O) groups excluding carboxylic acids is 7. The number of ketones is 1. The molecule has 0 saturated heterocycles. The minimum Gasteiger partial charge on any atom is -0.481 e. The number of aliphatic carboxylic acids is 3. The Bertz CT molecular complexity index is 2550. The molecule has 0 bridgehead atoms. The highest BCUT2D eigenvalue weighted by Crippen LogP contribution is 2.30. The van der Waals surface area contributed by atoms with E-state index in [-0.39, 0.29) is 17.3 Å². The highest BCUT2D eigenvalue weighted by Gasteiger charge is 2.39. The SMILES string of the molecule is CC(=O)N[C@@H](CC(=O)O)C(=O)N[C@@H](CCC(=O)O)C(=O)N[C@H](C(=O)N[C@@H](CCC(=O)O)C(=O)N[C@@H](CC1CCCCC1)C(=O)N[C@@H](CC(F)F)C(=O)c1nc2ccccc2s1)C(c1ccccc1)c1ccccc1. The van der Waals surface area contributed by atoms with E-state index in [1.807, 2.05) is 0 Å². The lowest BCUT2D eigenvalue weighted by molar-refractivity contribution is -0.141. The third-order valence-electron chi connectivity index (χ3n) is 12.3. The molecule has 74 heavy (non-hydrogen) atoms. The molecule has 4 aromatic rings. The standard InChI is InChI=1S/C51H59F2N7O13S/c1-28(61)54-37(27-42(66)67)49(72)55-34(22-24-41(64)65)47(70)60-44(43(30-15-7-3-8-16-30)31-17-9-4-10-18-31)50(73)56-33(21-23-40(62)63)46(69)58-36(25-29-13-5-2-6-14-29)48(71)57-35(26-39(52)53)45(68)51-59-32-19-11-12-20-38(32)74-51/h3-4,7-12,15-20,29,33-37,39,43-44H,2,5-6,13-14,21-27H2,1H3,(H,54,61)(H,55,72)(H,56,73)(H,57,71)(H,58,69)(H,60,70)(H,62,63)(H,64,65)(H,66,67)/t33-,34-,35-,36-,37-,44-/m0/s1. The average molecular weight is 1050 g/mol. The van der Waals surface area contributed by atoms with Crippen LogP contribution in [0, 0.1) is 5.92 Å². The number of benzene rings is 3. The second kappa shape index (κ2) is 27.9. The molecule has 0 aliphatic heterocycles. The monoisotopic (exact) mass is 1050 g/mol. The van der Waals surface area contributed by atoms with Crippen molar-refractivity contribution in [1.82, 2.24) is 36.9 Å². The van der Waals surface area contributed by atoms with Crippen molar-refractivity contribution in [2.24, 2.45) is 5.92 Å². The van der Waals surface area contributed by atoms with Crippen LogP contribution in [0.2, 0.25) is 0 Å². The Balaban J connectivity index is 1.51. The number of hydrogen-bond acceptors (Lipinski definition) is 12. The van der Waals surface area contributed by atoms with Crippen molar-refractivity contribution in [2.45, 2.75) is 133 Å². The molecule has 396 valence electrons. The fourth-order valence-electron chi connectivity index (χ4n) is 8.76. The topological polar surface area (TPSA) is 316 Å². The highest BCUT2D eigenvalue weighted by molar-refractivity contribution is 7.20. The van der Waals surface area contributed by atoms with Gasteiger partial charge in [-0.05, 0) is 48.4 Å². The van der Waals surface area contributed by atoms with E-state index in [4.69, 9.17) is 0 Å². The number of Topliss-reactive ketones (excluding diaryl/α,β-unsaturated/α-hetero) is 1. The first-order valence-corrected chi connectivity index (χ1v) is 24.8. The van der Waals surface area contributed by atoms with Crippen LogP contribution in [0.1, 0.15) is 111 Å². The van der Waals surface area contributed by atoms with Crippen molar-refractivity contribution in [3.8, 4) is 0 Å². The summed E-state index contributed by atoms with van der Waals surface area (Å²) in [4.78, 5) is 137. The van der Waals surface area contributed by atoms with Gasteiger partial charge in [-0.3, -0.25) is 47.9 Å². The van der Waals surface area contributed by atoms with Crippen LogP contribution in [0.3, 0.4) is 0 Å². The number of carboxylic acids is 3. The van der Waals surface area contributed by atoms with E-state index < -0.39 is 146 Å². The lowest BCUT2D eigenvalue weighted by atomic mass is 9.84. The summed E-state index contributed by atoms with van der Waals surface area (Å²) in [5, 5.41) is 43.3. The first kappa shape index (κ1) is 57.2. The van der Waals surface area contributed by atoms with Gasteiger partial charge in [-0.1, -0.05) is 105 Å². The summed E-state index contributed by atoms with van der Waals surface area (Å²) in [5.41, 5.74) is 1.29. The van der Waals surface area contributed by atoms with Crippen LogP contribution >= 0.6 is 11.3 Å². The van der Waals surface area contributed by atoms with E-state index in [1.54, 1.807) is 84.9 Å². The van der Waals surface area contributed by atoms with Crippen LogP contribution in [0.5, 0.6) is 0 Å². The number of rotatable bonds is 28. The molecule has 6 amide bonds. The first-order valence-electron chi connectivity index (χ1n) is 24.0. The minimum absolute atomic E-state index is 0.0185. The number of aromatic nitrogens is 1. The molecule has 1 aliphatic rings. The summed E-state index contributed by atoms with van der Waals surface area (Å²) < 4.78 is 28.8. The average Bonchev–Trinajstić information content (AvgIpc) is 3.80. The Morgan fingerprint density at radius 1 is 0.581 bits per heavy atom. The molecule has 1 aromatic heterocycles. The smallest absolute Gasteiger partial charge is 0.305 e. The van der Waals surface area contributed by atoms with Gasteiger partial charge in [0.25, 0.3) is 0 Å². The molecule has 6 atom stereocenters. The molecule has 9 N–H and O–H groups in total. The molecule has 0 spiro atoms. The van der Waals surface area contributed by atoms with Gasteiger partial charge in [0.05, 0.1) is 16.6 Å². The summed E-state index contributed by atoms with van der Waals surface area (Å²) in [5.74, 6) is -12.7. The van der Waals surface area contributed by atoms with Gasteiger partial charge in [0, 0.05) is 32.1 Å². The molecule has 0 radical (unpaired) electrons. The van der Waals surface area contributed by atoms with Crippen molar-refractivity contribution in [3.63, 3.8) is 0 Å². The van der Waals surface area contributed by atoms with Crippen LogP contribution in [-0.4, -0.2) is 122 Å². The van der Waals surface area contributed by atoms with Crippen LogP contribution in [0.4, 0.5) is 8.78 Å². The Morgan fingerprint density at radius 3 is 1.59 bits per heavy atom. The third kappa shape index (κ3) is 17.5. The van der Waals surface area contributed by atoms with E-state index in [9.17, 15) is 67.3 Å². The van der Waals surface area contributed by atoms with Gasteiger partial charge < -0.3 is 47.2 Å². The Hall–Kier alpha value is -7.69. The molecule has 0 unspecified atom stereocenters. The van der Waals surface area contributed by atoms with Gasteiger partial charge in [-0.2, -0.15) is 0 Å². The number of halogens is 2. The Labute approximate surface area is 427 Å². The lowest BCUT2D eigenvalue weighted by Gasteiger charge is -2.32.